The number of nitrogens with zero attached hydrogens (tertiary/aromatic N) is 1. The Hall–Kier alpha value is -1.62. The van der Waals surface area contributed by atoms with Crippen LogP contribution in [0.5, 0.6) is 17.2 Å². The Kier molecular flexibility index (Phi) is 5.17. The third-order valence-electron chi connectivity index (χ3n) is 3.50. The van der Waals surface area contributed by atoms with Crippen LogP contribution in [0.3, 0.4) is 0 Å². The normalized spacial score (nSPS) is 13.7. The highest BCUT2D eigenvalue weighted by atomic mass is 35.5. The van der Waals surface area contributed by atoms with Gasteiger partial charge in [0.2, 0.25) is 11.7 Å². The first-order valence-corrected chi connectivity index (χ1v) is 7.32. The SMILES string of the molecule is COc1cc(CN(C(=O)CCl)C2CC2)cc(OC)c1OC. The van der Waals surface area contributed by atoms with Crippen LogP contribution < -0.4 is 14.2 Å². The predicted octanol–water partition coefficient (Wildman–Crippen LogP) is 2.44. The molecule has 116 valence electrons. The van der Waals surface area contributed by atoms with Crippen molar-refractivity contribution in [3.05, 3.63) is 17.7 Å². The van der Waals surface area contributed by atoms with Crippen LogP contribution in [0.25, 0.3) is 0 Å². The second kappa shape index (κ2) is 6.89. The molecule has 1 amide bonds. The lowest BCUT2D eigenvalue weighted by atomic mass is 10.1. The fourth-order valence-corrected chi connectivity index (χ4v) is 2.46. The predicted molar refractivity (Wildman–Crippen MR) is 80.4 cm³/mol. The molecule has 0 N–H and O–H groups in total. The highest BCUT2D eigenvalue weighted by Crippen LogP contribution is 2.39. The molecule has 2 rings (SSSR count). The zero-order chi connectivity index (χ0) is 15.4. The van der Waals surface area contributed by atoms with Crippen molar-refractivity contribution in [2.75, 3.05) is 27.2 Å². The van der Waals surface area contributed by atoms with Gasteiger partial charge in [-0.3, -0.25) is 4.79 Å². The first-order chi connectivity index (χ1) is 10.1. The van der Waals surface area contributed by atoms with E-state index in [2.05, 4.69) is 0 Å². The summed E-state index contributed by atoms with van der Waals surface area (Å²) >= 11 is 5.69. The number of hydrogen-bond acceptors (Lipinski definition) is 4. The van der Waals surface area contributed by atoms with Crippen LogP contribution in [0.1, 0.15) is 18.4 Å². The number of alkyl halides is 1. The Morgan fingerprint density at radius 3 is 2.14 bits per heavy atom. The molecule has 1 saturated carbocycles. The Morgan fingerprint density at radius 1 is 1.19 bits per heavy atom. The fraction of sp³-hybridized carbons (Fsp3) is 0.533. The number of hydrogen-bond donors (Lipinski definition) is 0. The van der Waals surface area contributed by atoms with E-state index in [-0.39, 0.29) is 11.8 Å². The van der Waals surface area contributed by atoms with Crippen LogP contribution in [0.2, 0.25) is 0 Å². The second-order valence-corrected chi connectivity index (χ2v) is 5.19. The van der Waals surface area contributed by atoms with Crippen LogP contribution in [-0.4, -0.2) is 44.1 Å². The molecule has 0 aliphatic heterocycles. The molecule has 0 atom stereocenters. The number of halogens is 1. The standard InChI is InChI=1S/C15H20ClNO4/c1-19-12-6-10(7-13(20-2)15(12)21-3)9-17(11-4-5-11)14(18)8-16/h6-7,11H,4-5,8-9H2,1-3H3. The molecule has 0 heterocycles. The number of carbonyl (C=O) groups excluding carboxylic acids is 1. The molecule has 1 fully saturated rings. The van der Waals surface area contributed by atoms with E-state index in [0.29, 0.717) is 29.8 Å². The van der Waals surface area contributed by atoms with E-state index in [9.17, 15) is 4.79 Å². The van der Waals surface area contributed by atoms with Crippen molar-refractivity contribution in [2.45, 2.75) is 25.4 Å². The molecule has 1 aromatic rings. The summed E-state index contributed by atoms with van der Waals surface area (Å²) in [6.07, 6.45) is 2.07. The molecular weight excluding hydrogens is 294 g/mol. The summed E-state index contributed by atoms with van der Waals surface area (Å²) in [5, 5.41) is 0. The van der Waals surface area contributed by atoms with E-state index in [0.717, 1.165) is 18.4 Å². The molecule has 0 bridgehead atoms. The Labute approximate surface area is 129 Å². The highest BCUT2D eigenvalue weighted by molar-refractivity contribution is 6.27. The first kappa shape index (κ1) is 15.8. The van der Waals surface area contributed by atoms with Crippen LogP contribution in [-0.2, 0) is 11.3 Å². The average Bonchev–Trinajstić information content (AvgIpc) is 3.35. The molecule has 6 heteroatoms. The maximum absolute atomic E-state index is 11.9. The molecule has 0 aromatic heterocycles. The van der Waals surface area contributed by atoms with E-state index in [1.54, 1.807) is 21.3 Å². The smallest absolute Gasteiger partial charge is 0.238 e. The van der Waals surface area contributed by atoms with E-state index in [4.69, 9.17) is 25.8 Å². The van der Waals surface area contributed by atoms with Crippen molar-refractivity contribution < 1.29 is 19.0 Å². The molecule has 0 unspecified atom stereocenters. The van der Waals surface area contributed by atoms with Gasteiger partial charge in [-0.25, -0.2) is 0 Å². The van der Waals surface area contributed by atoms with Crippen LogP contribution in [0, 0.1) is 0 Å². The van der Waals surface area contributed by atoms with Gasteiger partial charge in [-0.15, -0.1) is 11.6 Å². The van der Waals surface area contributed by atoms with Crippen molar-refractivity contribution in [3.63, 3.8) is 0 Å². The quantitative estimate of drug-likeness (QED) is 0.725. The minimum atomic E-state index is -0.0482. The summed E-state index contributed by atoms with van der Waals surface area (Å²) in [4.78, 5) is 13.7. The molecule has 1 aliphatic rings. The summed E-state index contributed by atoms with van der Waals surface area (Å²) in [6.45, 7) is 0.493. The number of carbonyl (C=O) groups is 1. The van der Waals surface area contributed by atoms with Gasteiger partial charge in [-0.05, 0) is 30.5 Å². The van der Waals surface area contributed by atoms with E-state index in [1.807, 2.05) is 17.0 Å². The Morgan fingerprint density at radius 2 is 1.76 bits per heavy atom. The molecule has 21 heavy (non-hydrogen) atoms. The van der Waals surface area contributed by atoms with Gasteiger partial charge >= 0.3 is 0 Å². The average molecular weight is 314 g/mol. The zero-order valence-corrected chi connectivity index (χ0v) is 13.3. The number of benzene rings is 1. The lowest BCUT2D eigenvalue weighted by molar-refractivity contribution is -0.129. The lowest BCUT2D eigenvalue weighted by Crippen LogP contribution is -2.33. The van der Waals surface area contributed by atoms with E-state index >= 15 is 0 Å². The number of rotatable bonds is 7. The Balaban J connectivity index is 2.28. The Bertz CT molecular complexity index is 491. The molecule has 0 saturated heterocycles. The highest BCUT2D eigenvalue weighted by Gasteiger charge is 2.32. The van der Waals surface area contributed by atoms with Crippen molar-refractivity contribution in [2.24, 2.45) is 0 Å². The number of amides is 1. The van der Waals surface area contributed by atoms with Crippen molar-refractivity contribution in [1.82, 2.24) is 4.90 Å². The zero-order valence-electron chi connectivity index (χ0n) is 12.5. The van der Waals surface area contributed by atoms with E-state index in [1.165, 1.54) is 0 Å². The van der Waals surface area contributed by atoms with Crippen molar-refractivity contribution in [1.29, 1.82) is 0 Å². The summed E-state index contributed by atoms with van der Waals surface area (Å²) < 4.78 is 16.0. The second-order valence-electron chi connectivity index (χ2n) is 4.92. The van der Waals surface area contributed by atoms with Crippen LogP contribution in [0.15, 0.2) is 12.1 Å². The van der Waals surface area contributed by atoms with Gasteiger partial charge in [0, 0.05) is 12.6 Å². The summed E-state index contributed by atoms with van der Waals surface area (Å²) in [7, 11) is 4.71. The fourth-order valence-electron chi connectivity index (χ4n) is 2.31. The minimum absolute atomic E-state index is 0.000917. The molecule has 1 aromatic carbocycles. The van der Waals surface area contributed by atoms with Crippen LogP contribution >= 0.6 is 11.6 Å². The summed E-state index contributed by atoms with van der Waals surface area (Å²) in [5.41, 5.74) is 0.926. The molecule has 1 aliphatic carbocycles. The molecular formula is C15H20ClNO4. The van der Waals surface area contributed by atoms with Gasteiger partial charge in [0.25, 0.3) is 0 Å². The van der Waals surface area contributed by atoms with Gasteiger partial charge in [0.1, 0.15) is 5.88 Å². The van der Waals surface area contributed by atoms with E-state index < -0.39 is 0 Å². The minimum Gasteiger partial charge on any atom is -0.493 e. The third-order valence-corrected chi connectivity index (χ3v) is 3.73. The monoisotopic (exact) mass is 313 g/mol. The van der Waals surface area contributed by atoms with Crippen LogP contribution in [0.4, 0.5) is 0 Å². The summed E-state index contributed by atoms with van der Waals surface area (Å²) in [6, 6.07) is 4.02. The number of ether oxygens (including phenoxy) is 3. The topological polar surface area (TPSA) is 48.0 Å². The van der Waals surface area contributed by atoms with Gasteiger partial charge < -0.3 is 19.1 Å². The molecule has 5 nitrogen and oxygen atoms in total. The first-order valence-electron chi connectivity index (χ1n) is 6.78. The summed E-state index contributed by atoms with van der Waals surface area (Å²) in [5.74, 6) is 1.67. The molecule has 0 spiro atoms. The van der Waals surface area contributed by atoms with Gasteiger partial charge in [-0.2, -0.15) is 0 Å². The largest absolute Gasteiger partial charge is 0.493 e. The molecule has 0 radical (unpaired) electrons. The maximum Gasteiger partial charge on any atom is 0.238 e. The maximum atomic E-state index is 11.9. The van der Waals surface area contributed by atoms with Gasteiger partial charge in [-0.1, -0.05) is 0 Å². The third kappa shape index (κ3) is 3.53. The van der Waals surface area contributed by atoms with Gasteiger partial charge in [0.15, 0.2) is 11.5 Å². The van der Waals surface area contributed by atoms with Crippen molar-refractivity contribution in [3.8, 4) is 17.2 Å². The number of methoxy groups -OCH3 is 3. The van der Waals surface area contributed by atoms with Crippen molar-refractivity contribution >= 4 is 17.5 Å². The van der Waals surface area contributed by atoms with Gasteiger partial charge in [0.05, 0.1) is 21.3 Å². The lowest BCUT2D eigenvalue weighted by Gasteiger charge is -2.22.